The number of anilines is 3. The third-order valence-corrected chi connectivity index (χ3v) is 5.77. The Hall–Kier alpha value is -2.75. The maximum Gasteiger partial charge on any atom is 0.336 e. The Labute approximate surface area is 192 Å². The molecule has 0 heterocycles. The summed E-state index contributed by atoms with van der Waals surface area (Å²) in [5.74, 6) is -2.35. The van der Waals surface area contributed by atoms with Crippen LogP contribution in [0.1, 0.15) is 10.4 Å². The van der Waals surface area contributed by atoms with Gasteiger partial charge in [0.15, 0.2) is 0 Å². The summed E-state index contributed by atoms with van der Waals surface area (Å²) >= 11 is 11.8. The second-order valence-corrected chi connectivity index (χ2v) is 7.87. The number of rotatable bonds is 5. The van der Waals surface area contributed by atoms with Crippen molar-refractivity contribution in [1.29, 1.82) is 0 Å². The van der Waals surface area contributed by atoms with Gasteiger partial charge in [0.05, 0.1) is 16.3 Å². The molecule has 2 N–H and O–H groups in total. The van der Waals surface area contributed by atoms with Crippen LogP contribution in [0, 0.1) is 11.6 Å². The Bertz CT molecular complexity index is 1130. The van der Waals surface area contributed by atoms with Crippen molar-refractivity contribution in [2.45, 2.75) is 4.90 Å². The maximum atomic E-state index is 13.7. The van der Waals surface area contributed by atoms with Gasteiger partial charge in [-0.2, -0.15) is 0 Å². The molecule has 160 valence electrons. The van der Waals surface area contributed by atoms with E-state index in [0.717, 1.165) is 27.4 Å². The van der Waals surface area contributed by atoms with Crippen molar-refractivity contribution >= 4 is 65.2 Å². The van der Waals surface area contributed by atoms with E-state index in [0.29, 0.717) is 22.1 Å². The van der Waals surface area contributed by atoms with E-state index in [9.17, 15) is 18.4 Å². The molecule has 0 fully saturated rings. The Morgan fingerprint density at radius 2 is 1.65 bits per heavy atom. The lowest BCUT2D eigenvalue weighted by atomic mass is 10.2. The van der Waals surface area contributed by atoms with Gasteiger partial charge in [-0.3, -0.25) is 4.79 Å². The van der Waals surface area contributed by atoms with E-state index in [1.807, 2.05) is 6.26 Å². The lowest BCUT2D eigenvalue weighted by Crippen LogP contribution is -2.26. The van der Waals surface area contributed by atoms with Crippen molar-refractivity contribution in [3.05, 3.63) is 82.9 Å². The molecule has 0 atom stereocenters. The lowest BCUT2D eigenvalue weighted by Gasteiger charge is -2.17. The molecule has 0 aliphatic carbocycles. The van der Waals surface area contributed by atoms with E-state index in [2.05, 4.69) is 23.4 Å². The normalized spacial score (nSPS) is 10.5. The van der Waals surface area contributed by atoms with Gasteiger partial charge in [-0.15, -0.1) is 11.8 Å². The number of halogens is 3. The minimum absolute atomic E-state index is 0.332. The molecule has 10 heteroatoms. The van der Waals surface area contributed by atoms with Gasteiger partial charge in [-0.05, 0) is 66.9 Å². The quantitative estimate of drug-likeness (QED) is 0.290. The van der Waals surface area contributed by atoms with Gasteiger partial charge >= 0.3 is 6.03 Å². The first-order chi connectivity index (χ1) is 14.8. The first-order valence-electron chi connectivity index (χ1n) is 8.78. The van der Waals surface area contributed by atoms with Gasteiger partial charge in [0.25, 0.3) is 5.91 Å². The first kappa shape index (κ1) is 22.9. The standard InChI is InChI=1S/C21H16ClF2N3O2S2/c1-31-19-9-5-14(11-17(19)22)26-21(29)27(30)15-6-3-13(4-7-15)25-20(28)16-10-12(23)2-8-18(16)24/h2-11,30H,1H3,(H,25,28)(H,26,29). The summed E-state index contributed by atoms with van der Waals surface area (Å²) in [5, 5.41) is 5.67. The average molecular weight is 480 g/mol. The van der Waals surface area contributed by atoms with Gasteiger partial charge in [0, 0.05) is 16.3 Å². The number of hydrogen-bond acceptors (Lipinski definition) is 4. The molecule has 0 saturated carbocycles. The van der Waals surface area contributed by atoms with Gasteiger partial charge in [0.2, 0.25) is 0 Å². The molecular formula is C21H16ClF2N3O2S2. The van der Waals surface area contributed by atoms with Crippen molar-refractivity contribution < 1.29 is 18.4 Å². The highest BCUT2D eigenvalue weighted by atomic mass is 35.5. The van der Waals surface area contributed by atoms with Crippen LogP contribution in [0.4, 0.5) is 30.6 Å². The Morgan fingerprint density at radius 3 is 2.29 bits per heavy atom. The molecule has 0 aromatic heterocycles. The summed E-state index contributed by atoms with van der Waals surface area (Å²) in [4.78, 5) is 25.5. The minimum atomic E-state index is -0.834. The fourth-order valence-corrected chi connectivity index (χ4v) is 3.65. The minimum Gasteiger partial charge on any atom is -0.322 e. The molecule has 5 nitrogen and oxygen atoms in total. The molecule has 31 heavy (non-hydrogen) atoms. The number of nitrogens with one attached hydrogen (secondary N) is 2. The zero-order valence-corrected chi connectivity index (χ0v) is 18.5. The van der Waals surface area contributed by atoms with E-state index in [4.69, 9.17) is 11.6 Å². The summed E-state index contributed by atoms with van der Waals surface area (Å²) in [7, 11) is 0. The number of hydrogen-bond donors (Lipinski definition) is 3. The summed E-state index contributed by atoms with van der Waals surface area (Å²) in [6, 6.07) is 13.3. The summed E-state index contributed by atoms with van der Waals surface area (Å²) < 4.78 is 28.1. The molecule has 3 aromatic carbocycles. The van der Waals surface area contributed by atoms with Crippen LogP contribution in [0.25, 0.3) is 0 Å². The van der Waals surface area contributed by atoms with E-state index >= 15 is 0 Å². The van der Waals surface area contributed by atoms with E-state index in [1.54, 1.807) is 18.2 Å². The molecule has 0 unspecified atom stereocenters. The highest BCUT2D eigenvalue weighted by molar-refractivity contribution is 7.98. The van der Waals surface area contributed by atoms with Crippen LogP contribution in [-0.2, 0) is 0 Å². The first-order valence-corrected chi connectivity index (χ1v) is 10.8. The summed E-state index contributed by atoms with van der Waals surface area (Å²) in [6.07, 6.45) is 1.90. The Morgan fingerprint density at radius 1 is 0.968 bits per heavy atom. The molecule has 3 amide bonds. The third-order valence-electron chi connectivity index (χ3n) is 4.14. The van der Waals surface area contributed by atoms with E-state index < -0.39 is 29.1 Å². The predicted molar refractivity (Wildman–Crippen MR) is 124 cm³/mol. The van der Waals surface area contributed by atoms with Crippen molar-refractivity contribution in [1.82, 2.24) is 0 Å². The Balaban J connectivity index is 1.66. The van der Waals surface area contributed by atoms with Crippen molar-refractivity contribution in [3.63, 3.8) is 0 Å². The molecular weight excluding hydrogens is 464 g/mol. The van der Waals surface area contributed by atoms with Crippen LogP contribution >= 0.6 is 36.2 Å². The van der Waals surface area contributed by atoms with Crippen LogP contribution in [0.3, 0.4) is 0 Å². The van der Waals surface area contributed by atoms with Gasteiger partial charge in [-0.25, -0.2) is 17.9 Å². The van der Waals surface area contributed by atoms with Crippen molar-refractivity contribution in [2.24, 2.45) is 0 Å². The zero-order valence-electron chi connectivity index (χ0n) is 16.0. The summed E-state index contributed by atoms with van der Waals surface area (Å²) in [6.45, 7) is 0. The number of carbonyl (C=O) groups is 2. The number of urea groups is 1. The topological polar surface area (TPSA) is 61.4 Å². The van der Waals surface area contributed by atoms with Gasteiger partial charge in [-0.1, -0.05) is 24.4 Å². The largest absolute Gasteiger partial charge is 0.336 e. The average Bonchev–Trinajstić information content (AvgIpc) is 2.75. The number of carbonyl (C=O) groups excluding carboxylic acids is 2. The van der Waals surface area contributed by atoms with E-state index in [1.165, 1.54) is 36.0 Å². The van der Waals surface area contributed by atoms with Gasteiger partial charge in [0.1, 0.15) is 11.6 Å². The van der Waals surface area contributed by atoms with Crippen LogP contribution in [0.2, 0.25) is 5.02 Å². The smallest absolute Gasteiger partial charge is 0.322 e. The number of nitrogens with zero attached hydrogens (tertiary/aromatic N) is 1. The maximum absolute atomic E-state index is 13.7. The van der Waals surface area contributed by atoms with Crippen molar-refractivity contribution in [3.8, 4) is 0 Å². The van der Waals surface area contributed by atoms with Gasteiger partial charge < -0.3 is 10.6 Å². The molecule has 0 spiro atoms. The lowest BCUT2D eigenvalue weighted by molar-refractivity contribution is 0.102. The number of amides is 3. The molecule has 0 radical (unpaired) electrons. The highest BCUT2D eigenvalue weighted by Crippen LogP contribution is 2.28. The van der Waals surface area contributed by atoms with E-state index in [-0.39, 0.29) is 0 Å². The predicted octanol–water partition coefficient (Wildman–Crippen LogP) is 6.48. The zero-order chi connectivity index (χ0) is 22.5. The third kappa shape index (κ3) is 5.69. The monoisotopic (exact) mass is 479 g/mol. The van der Waals surface area contributed by atoms with Crippen LogP contribution in [0.15, 0.2) is 65.6 Å². The molecule has 0 saturated heterocycles. The fourth-order valence-electron chi connectivity index (χ4n) is 2.59. The number of thiol groups is 1. The fraction of sp³-hybridized carbons (Fsp3) is 0.0476. The highest BCUT2D eigenvalue weighted by Gasteiger charge is 2.15. The molecule has 0 aliphatic heterocycles. The SMILES string of the molecule is CSc1ccc(NC(=O)N(S)c2ccc(NC(=O)c3cc(F)ccc3F)cc2)cc1Cl. The van der Waals surface area contributed by atoms with Crippen LogP contribution < -0.4 is 14.9 Å². The molecule has 0 aliphatic rings. The molecule has 0 bridgehead atoms. The van der Waals surface area contributed by atoms with Crippen molar-refractivity contribution in [2.75, 3.05) is 21.2 Å². The second kappa shape index (κ2) is 10.0. The molecule has 3 rings (SSSR count). The Kier molecular flexibility index (Phi) is 7.42. The number of thioether (sulfide) groups is 1. The summed E-state index contributed by atoms with van der Waals surface area (Å²) in [5.41, 5.74) is 0.847. The number of benzene rings is 3. The van der Waals surface area contributed by atoms with Crippen LogP contribution in [-0.4, -0.2) is 18.2 Å². The second-order valence-electron chi connectivity index (χ2n) is 6.22. The molecule has 3 aromatic rings. The van der Waals surface area contributed by atoms with Crippen LogP contribution in [0.5, 0.6) is 0 Å².